The summed E-state index contributed by atoms with van der Waals surface area (Å²) in [6, 6.07) is 0. The molecule has 56 heavy (non-hydrogen) atoms. The summed E-state index contributed by atoms with van der Waals surface area (Å²) >= 11 is 0. The average molecular weight is 821 g/mol. The van der Waals surface area contributed by atoms with Crippen molar-refractivity contribution >= 4 is 13.8 Å². The summed E-state index contributed by atoms with van der Waals surface area (Å²) in [7, 11) is -5.01. The van der Waals surface area contributed by atoms with Gasteiger partial charge in [0.15, 0.2) is 0 Å². The summed E-state index contributed by atoms with van der Waals surface area (Å²) in [5, 5.41) is 50.1. The Labute approximate surface area is 339 Å². The predicted molar refractivity (Wildman–Crippen MR) is 221 cm³/mol. The first-order valence-corrected chi connectivity index (χ1v) is 23.7. The van der Waals surface area contributed by atoms with Crippen LogP contribution >= 0.6 is 7.82 Å². The van der Waals surface area contributed by atoms with Crippen molar-refractivity contribution in [3.8, 4) is 0 Å². The number of phosphoric acid groups is 1. The van der Waals surface area contributed by atoms with Crippen LogP contribution in [0.1, 0.15) is 181 Å². The highest BCUT2D eigenvalue weighted by molar-refractivity contribution is 7.47. The van der Waals surface area contributed by atoms with Crippen molar-refractivity contribution in [1.29, 1.82) is 0 Å². The Morgan fingerprint density at radius 3 is 1.54 bits per heavy atom. The van der Waals surface area contributed by atoms with E-state index >= 15 is 0 Å². The predicted octanol–water partition coefficient (Wildman–Crippen LogP) is 8.53. The van der Waals surface area contributed by atoms with Crippen LogP contribution in [0.25, 0.3) is 0 Å². The van der Waals surface area contributed by atoms with Crippen LogP contribution in [0.3, 0.4) is 0 Å². The van der Waals surface area contributed by atoms with Crippen LogP contribution in [-0.2, 0) is 27.9 Å². The van der Waals surface area contributed by atoms with Crippen molar-refractivity contribution < 1.29 is 58.3 Å². The fraction of sp³-hybridized carbons (Fsp3) is 0.884. The lowest BCUT2D eigenvalue weighted by molar-refractivity contribution is -0.220. The zero-order valence-corrected chi connectivity index (χ0v) is 35.8. The molecule has 1 saturated carbocycles. The molecule has 8 atom stereocenters. The number of carbonyl (C=O) groups is 1. The standard InChI is InChI=1S/C43H81O12P/c1-3-5-7-9-11-13-15-17-19-20-22-24-26-28-30-32-37(44)54-36(34-52-33-31-29-27-25-23-21-18-16-14-12-10-8-6-4-2)35-53-56(50,51)55-43-41(48)39(46)38(45)40(47)42(43)49/h11,13,17,19,36,38-43,45-49H,3-10,12,14-16,18,20-35H2,1-2H3,(H,50,51)/b13-11-,19-17-/t36-,38?,39-,40?,41?,42?,43?/m1/s1. The van der Waals surface area contributed by atoms with Crippen molar-refractivity contribution in [2.45, 2.75) is 224 Å². The van der Waals surface area contributed by atoms with Crippen LogP contribution in [-0.4, -0.2) is 98.9 Å². The SMILES string of the molecule is CCCCC/C=C\C/C=C\CCCCCCCC(=O)O[C@H](COCCCCCCCCCCCCCCCC)COP(=O)(O)OC1C(O)C(O)C(O)[C@@H](O)C1O. The second kappa shape index (κ2) is 34.7. The molecule has 0 bridgehead atoms. The molecular formula is C43H81O12P. The number of rotatable bonds is 37. The minimum atomic E-state index is -5.01. The van der Waals surface area contributed by atoms with Crippen molar-refractivity contribution in [2.75, 3.05) is 19.8 Å². The molecule has 0 spiro atoms. The first-order valence-electron chi connectivity index (χ1n) is 22.2. The summed E-state index contributed by atoms with van der Waals surface area (Å²) in [6.45, 7) is 4.22. The number of ether oxygens (including phenoxy) is 2. The molecule has 0 amide bonds. The average Bonchev–Trinajstić information content (AvgIpc) is 3.18. The van der Waals surface area contributed by atoms with Crippen LogP contribution in [0.15, 0.2) is 24.3 Å². The van der Waals surface area contributed by atoms with E-state index in [-0.39, 0.29) is 13.0 Å². The van der Waals surface area contributed by atoms with Crippen molar-refractivity contribution in [2.24, 2.45) is 0 Å². The second-order valence-corrected chi connectivity index (χ2v) is 17.0. The van der Waals surface area contributed by atoms with Gasteiger partial charge < -0.3 is 39.9 Å². The lowest BCUT2D eigenvalue weighted by atomic mass is 9.85. The van der Waals surface area contributed by atoms with Crippen LogP contribution in [0.4, 0.5) is 0 Å². The van der Waals surface area contributed by atoms with E-state index in [1.807, 2.05) is 0 Å². The molecule has 0 aliphatic heterocycles. The van der Waals surface area contributed by atoms with E-state index in [4.69, 9.17) is 18.5 Å². The fourth-order valence-electron chi connectivity index (χ4n) is 6.74. The molecule has 0 heterocycles. The largest absolute Gasteiger partial charge is 0.472 e. The topological polar surface area (TPSA) is 192 Å². The van der Waals surface area contributed by atoms with E-state index in [1.54, 1.807) is 0 Å². The van der Waals surface area contributed by atoms with Gasteiger partial charge in [0.25, 0.3) is 0 Å². The molecule has 13 heteroatoms. The van der Waals surface area contributed by atoms with Gasteiger partial charge in [0.2, 0.25) is 0 Å². The van der Waals surface area contributed by atoms with Crippen molar-refractivity contribution in [3.05, 3.63) is 24.3 Å². The summed E-state index contributed by atoms with van der Waals surface area (Å²) in [5.74, 6) is -0.489. The highest BCUT2D eigenvalue weighted by Gasteiger charge is 2.51. The Kier molecular flexibility index (Phi) is 32.7. The number of carbonyl (C=O) groups excluding carboxylic acids is 1. The van der Waals surface area contributed by atoms with E-state index in [0.29, 0.717) is 13.0 Å². The Morgan fingerprint density at radius 2 is 1.00 bits per heavy atom. The molecule has 1 rings (SSSR count). The lowest BCUT2D eigenvalue weighted by Gasteiger charge is -2.41. The maximum absolute atomic E-state index is 12.8. The van der Waals surface area contributed by atoms with Gasteiger partial charge >= 0.3 is 13.8 Å². The first-order chi connectivity index (χ1) is 27.0. The van der Waals surface area contributed by atoms with Crippen LogP contribution in [0.2, 0.25) is 0 Å². The van der Waals surface area contributed by atoms with Crippen LogP contribution < -0.4 is 0 Å². The quantitative estimate of drug-likeness (QED) is 0.0152. The molecule has 0 aromatic rings. The monoisotopic (exact) mass is 821 g/mol. The molecule has 6 N–H and O–H groups in total. The summed E-state index contributed by atoms with van der Waals surface area (Å²) in [5.41, 5.74) is 0. The van der Waals surface area contributed by atoms with Crippen molar-refractivity contribution in [1.82, 2.24) is 0 Å². The number of unbranched alkanes of at least 4 members (excludes halogenated alkanes) is 21. The summed E-state index contributed by atoms with van der Waals surface area (Å²) < 4.78 is 34.1. The van der Waals surface area contributed by atoms with Gasteiger partial charge in [0.1, 0.15) is 42.7 Å². The number of hydrogen-bond acceptors (Lipinski definition) is 11. The Balaban J connectivity index is 2.43. The molecule has 330 valence electrons. The van der Waals surface area contributed by atoms with Gasteiger partial charge in [0.05, 0.1) is 13.2 Å². The Hall–Kier alpha value is -1.18. The molecule has 0 aromatic carbocycles. The molecule has 0 saturated heterocycles. The molecule has 1 aliphatic carbocycles. The fourth-order valence-corrected chi connectivity index (χ4v) is 7.71. The summed E-state index contributed by atoms with van der Waals surface area (Å²) in [6.07, 6.45) is 25.3. The number of aliphatic hydroxyl groups excluding tert-OH is 5. The van der Waals surface area contributed by atoms with Gasteiger partial charge in [-0.15, -0.1) is 0 Å². The normalized spacial score (nSPS) is 23.2. The van der Waals surface area contributed by atoms with Crippen LogP contribution in [0.5, 0.6) is 0 Å². The third-order valence-electron chi connectivity index (χ3n) is 10.3. The molecule has 0 radical (unpaired) electrons. The maximum atomic E-state index is 12.8. The number of hydrogen-bond donors (Lipinski definition) is 6. The molecule has 1 fully saturated rings. The van der Waals surface area contributed by atoms with Gasteiger partial charge in [-0.05, 0) is 44.9 Å². The van der Waals surface area contributed by atoms with Crippen molar-refractivity contribution in [3.63, 3.8) is 0 Å². The van der Waals surface area contributed by atoms with Gasteiger partial charge in [0, 0.05) is 13.0 Å². The Morgan fingerprint density at radius 1 is 0.571 bits per heavy atom. The summed E-state index contributed by atoms with van der Waals surface area (Å²) in [4.78, 5) is 23.1. The maximum Gasteiger partial charge on any atom is 0.472 e. The third-order valence-corrected chi connectivity index (χ3v) is 11.3. The van der Waals surface area contributed by atoms with Crippen LogP contribution in [0, 0.1) is 0 Å². The second-order valence-electron chi connectivity index (χ2n) is 15.6. The van der Waals surface area contributed by atoms with E-state index in [2.05, 4.69) is 38.2 Å². The Bertz CT molecular complexity index is 1030. The minimum Gasteiger partial charge on any atom is -0.457 e. The number of esters is 1. The van der Waals surface area contributed by atoms with E-state index in [0.717, 1.165) is 64.2 Å². The molecule has 0 aromatic heterocycles. The van der Waals surface area contributed by atoms with Gasteiger partial charge in [-0.1, -0.05) is 154 Å². The van der Waals surface area contributed by atoms with Gasteiger partial charge in [-0.2, -0.15) is 0 Å². The van der Waals surface area contributed by atoms with E-state index in [1.165, 1.54) is 89.9 Å². The molecular weight excluding hydrogens is 739 g/mol. The number of allylic oxidation sites excluding steroid dienone is 4. The zero-order valence-electron chi connectivity index (χ0n) is 34.9. The highest BCUT2D eigenvalue weighted by atomic mass is 31.2. The highest BCUT2D eigenvalue weighted by Crippen LogP contribution is 2.47. The molecule has 6 unspecified atom stereocenters. The smallest absolute Gasteiger partial charge is 0.457 e. The minimum absolute atomic E-state index is 0.0787. The molecule has 12 nitrogen and oxygen atoms in total. The first kappa shape index (κ1) is 52.8. The van der Waals surface area contributed by atoms with Gasteiger partial charge in [-0.25, -0.2) is 4.57 Å². The zero-order chi connectivity index (χ0) is 41.3. The third kappa shape index (κ3) is 26.7. The molecule has 1 aliphatic rings. The van der Waals surface area contributed by atoms with E-state index in [9.17, 15) is 39.8 Å². The lowest BCUT2D eigenvalue weighted by Crippen LogP contribution is -2.64. The van der Waals surface area contributed by atoms with E-state index < -0.39 is 63.1 Å². The van der Waals surface area contributed by atoms with Gasteiger partial charge in [-0.3, -0.25) is 13.8 Å². The number of aliphatic hydroxyl groups is 5. The number of phosphoric ester groups is 1.